The molecular formula is C27H20N4O3S2. The minimum atomic E-state index is -0.367. The van der Waals surface area contributed by atoms with Gasteiger partial charge >= 0.3 is 0 Å². The highest BCUT2D eigenvalue weighted by Gasteiger charge is 2.38. The average molecular weight is 513 g/mol. The highest BCUT2D eigenvalue weighted by molar-refractivity contribution is 8.19. The number of amidine groups is 1. The number of hydrogen-bond acceptors (Lipinski definition) is 7. The molecule has 0 bridgehead atoms. The predicted molar refractivity (Wildman–Crippen MR) is 146 cm³/mol. The molecule has 1 saturated heterocycles. The zero-order valence-corrected chi connectivity index (χ0v) is 20.9. The monoisotopic (exact) mass is 512 g/mol. The van der Waals surface area contributed by atoms with Gasteiger partial charge in [-0.05, 0) is 70.8 Å². The Morgan fingerprint density at radius 3 is 2.58 bits per heavy atom. The molecule has 6 rings (SSSR count). The maximum Gasteiger partial charge on any atom is 0.269 e. The summed E-state index contributed by atoms with van der Waals surface area (Å²) in [4.78, 5) is 34.6. The number of fused-ring (bicyclic) bond motifs is 4. The number of nitro groups is 1. The first-order chi connectivity index (χ1) is 17.4. The van der Waals surface area contributed by atoms with E-state index in [1.54, 1.807) is 34.9 Å². The molecule has 2 aliphatic heterocycles. The predicted octanol–water partition coefficient (Wildman–Crippen LogP) is 6.33. The molecule has 3 aromatic rings. The molecule has 1 aliphatic carbocycles. The minimum Gasteiger partial charge on any atom is -0.337 e. The van der Waals surface area contributed by atoms with Crippen molar-refractivity contribution in [1.29, 1.82) is 0 Å². The van der Waals surface area contributed by atoms with E-state index in [-0.39, 0.29) is 16.5 Å². The quantitative estimate of drug-likeness (QED) is 0.138. The van der Waals surface area contributed by atoms with Crippen LogP contribution in [0.15, 0.2) is 93.1 Å². The van der Waals surface area contributed by atoms with Gasteiger partial charge in [0.1, 0.15) is 4.91 Å². The van der Waals surface area contributed by atoms with Crippen molar-refractivity contribution in [3.8, 4) is 11.1 Å². The van der Waals surface area contributed by atoms with Crippen LogP contribution in [0.1, 0.15) is 11.1 Å². The molecule has 0 unspecified atom stereocenters. The third-order valence-corrected chi connectivity index (χ3v) is 8.82. The number of amides is 1. The lowest BCUT2D eigenvalue weighted by atomic mass is 10.1. The number of carbonyl (C=O) groups is 1. The summed E-state index contributed by atoms with van der Waals surface area (Å²) >= 11 is 2.97. The van der Waals surface area contributed by atoms with Crippen LogP contribution in [0.5, 0.6) is 0 Å². The van der Waals surface area contributed by atoms with Crippen molar-refractivity contribution in [2.75, 3.05) is 18.5 Å². The minimum absolute atomic E-state index is 0.0818. The van der Waals surface area contributed by atoms with Gasteiger partial charge in [-0.1, -0.05) is 36.0 Å². The zero-order chi connectivity index (χ0) is 25.0. The summed E-state index contributed by atoms with van der Waals surface area (Å²) in [6.07, 6.45) is 2.32. The molecule has 7 nitrogen and oxygen atoms in total. The Kier molecular flexibility index (Phi) is 5.46. The van der Waals surface area contributed by atoms with Crippen LogP contribution >= 0.6 is 23.5 Å². The van der Waals surface area contributed by atoms with E-state index in [9.17, 15) is 14.9 Å². The van der Waals surface area contributed by atoms with Gasteiger partial charge in [0.15, 0.2) is 5.17 Å². The van der Waals surface area contributed by atoms with Crippen LogP contribution in [-0.2, 0) is 11.2 Å². The Morgan fingerprint density at radius 2 is 1.83 bits per heavy atom. The molecule has 1 amide bonds. The lowest BCUT2D eigenvalue weighted by Crippen LogP contribution is -2.29. The van der Waals surface area contributed by atoms with Crippen LogP contribution in [0, 0.1) is 10.1 Å². The zero-order valence-electron chi connectivity index (χ0n) is 19.3. The number of carbonyl (C=O) groups excluding carboxylic acids is 1. The Labute approximate surface area is 216 Å². The lowest BCUT2D eigenvalue weighted by Gasteiger charge is -2.15. The molecule has 0 aromatic heterocycles. The van der Waals surface area contributed by atoms with Gasteiger partial charge in [0.2, 0.25) is 0 Å². The van der Waals surface area contributed by atoms with Crippen molar-refractivity contribution >= 4 is 51.7 Å². The Morgan fingerprint density at radius 1 is 1.08 bits per heavy atom. The van der Waals surface area contributed by atoms with Gasteiger partial charge in [0.25, 0.3) is 11.6 Å². The molecule has 0 radical (unpaired) electrons. The van der Waals surface area contributed by atoms with Gasteiger partial charge in [-0.15, -0.1) is 6.58 Å². The topological polar surface area (TPSA) is 79.0 Å². The number of benzene rings is 3. The first-order valence-electron chi connectivity index (χ1n) is 11.3. The Hall–Kier alpha value is -3.82. The van der Waals surface area contributed by atoms with Crippen molar-refractivity contribution in [2.45, 2.75) is 11.3 Å². The summed E-state index contributed by atoms with van der Waals surface area (Å²) in [7, 11) is 1.98. The van der Waals surface area contributed by atoms with Gasteiger partial charge < -0.3 is 4.90 Å². The number of nitrogens with zero attached hydrogens (tertiary/aromatic N) is 4. The Bertz CT molecular complexity index is 1550. The summed E-state index contributed by atoms with van der Waals surface area (Å²) in [5.41, 5.74) is 6.00. The number of non-ortho nitro benzene ring substituents is 1. The second-order valence-electron chi connectivity index (χ2n) is 8.58. The summed E-state index contributed by atoms with van der Waals surface area (Å²) in [5, 5.41) is 12.7. The number of hydrogen-bond donors (Lipinski definition) is 0. The lowest BCUT2D eigenvalue weighted by molar-refractivity contribution is -0.384. The van der Waals surface area contributed by atoms with Crippen molar-refractivity contribution < 1.29 is 9.72 Å². The molecule has 3 aliphatic rings. The highest BCUT2D eigenvalue weighted by Crippen LogP contribution is 2.50. The fraction of sp³-hybridized carbons (Fsp3) is 0.111. The third kappa shape index (κ3) is 3.63. The van der Waals surface area contributed by atoms with Crippen molar-refractivity contribution in [1.82, 2.24) is 4.90 Å². The first-order valence-corrected chi connectivity index (χ1v) is 12.9. The molecule has 0 N–H and O–H groups in total. The summed E-state index contributed by atoms with van der Waals surface area (Å²) < 4.78 is 0. The summed E-state index contributed by atoms with van der Waals surface area (Å²) in [6.45, 7) is 4.19. The largest absolute Gasteiger partial charge is 0.337 e. The van der Waals surface area contributed by atoms with Crippen LogP contribution in [-0.4, -0.2) is 34.5 Å². The number of nitro benzene ring substituents is 1. The average Bonchev–Trinajstić information content (AvgIpc) is 3.50. The molecule has 0 saturated carbocycles. The number of anilines is 1. The summed E-state index contributed by atoms with van der Waals surface area (Å²) in [6, 6.07) is 19.0. The van der Waals surface area contributed by atoms with Gasteiger partial charge in [0, 0.05) is 30.6 Å². The highest BCUT2D eigenvalue weighted by atomic mass is 32.2. The first kappa shape index (κ1) is 22.6. The van der Waals surface area contributed by atoms with E-state index in [0.717, 1.165) is 43.6 Å². The van der Waals surface area contributed by atoms with Crippen molar-refractivity contribution in [3.05, 3.63) is 104 Å². The third-order valence-electron chi connectivity index (χ3n) is 6.39. The second kappa shape index (κ2) is 8.69. The maximum absolute atomic E-state index is 13.4. The number of thioether (sulfide) groups is 2. The van der Waals surface area contributed by atoms with E-state index in [1.165, 1.54) is 11.8 Å². The van der Waals surface area contributed by atoms with Crippen LogP contribution in [0.2, 0.25) is 0 Å². The fourth-order valence-corrected chi connectivity index (χ4v) is 7.04. The van der Waals surface area contributed by atoms with Crippen LogP contribution in [0.4, 0.5) is 17.1 Å². The number of aliphatic imine (C=N–C) groups is 1. The summed E-state index contributed by atoms with van der Waals surface area (Å²) in [5.74, 6) is -0.0818. The van der Waals surface area contributed by atoms with Gasteiger partial charge in [-0.3, -0.25) is 19.8 Å². The fourth-order valence-electron chi connectivity index (χ4n) is 4.69. The van der Waals surface area contributed by atoms with Crippen molar-refractivity contribution in [2.24, 2.45) is 4.99 Å². The second-order valence-corrected chi connectivity index (χ2v) is 10.6. The van der Waals surface area contributed by atoms with Gasteiger partial charge in [-0.25, -0.2) is 4.99 Å². The van der Waals surface area contributed by atoms with Crippen molar-refractivity contribution in [3.63, 3.8) is 0 Å². The molecule has 9 heteroatoms. The van der Waals surface area contributed by atoms with Crippen LogP contribution in [0.3, 0.4) is 0 Å². The number of rotatable bonds is 4. The van der Waals surface area contributed by atoms with Gasteiger partial charge in [0.05, 0.1) is 21.3 Å². The molecule has 0 atom stereocenters. The van der Waals surface area contributed by atoms with E-state index in [0.29, 0.717) is 23.0 Å². The van der Waals surface area contributed by atoms with Gasteiger partial charge in [-0.2, -0.15) is 0 Å². The normalized spacial score (nSPS) is 19.0. The molecule has 36 heavy (non-hydrogen) atoms. The standard InChI is InChI=1S/C27H20N4O3S2/c1-3-12-30-25(32)24(26-29(2)22-6-4-5-7-23(22)35-26)36-27(30)28-18-8-10-20-16(14-18)13-17-15-19(31(33)34)9-11-21(17)20/h3-11,14-15H,1,12-13H2,2H3/b26-24-,28-27?. The van der Waals surface area contributed by atoms with E-state index in [1.807, 2.05) is 49.5 Å². The van der Waals surface area contributed by atoms with Crippen LogP contribution < -0.4 is 4.90 Å². The smallest absolute Gasteiger partial charge is 0.269 e. The van der Waals surface area contributed by atoms with E-state index < -0.39 is 0 Å². The van der Waals surface area contributed by atoms with Crippen LogP contribution in [0.25, 0.3) is 11.1 Å². The molecule has 0 spiro atoms. The molecular weight excluding hydrogens is 492 g/mol. The molecule has 3 aromatic carbocycles. The SMILES string of the molecule is C=CCN1C(=O)/C(=C2/Sc3ccccc3N2C)SC1=Nc1ccc2c(c1)Cc1cc([N+](=O)[O-])ccc1-2. The van der Waals surface area contributed by atoms with E-state index in [4.69, 9.17) is 4.99 Å². The van der Waals surface area contributed by atoms with E-state index in [2.05, 4.69) is 17.5 Å². The Balaban J connectivity index is 1.34. The maximum atomic E-state index is 13.4. The number of para-hydroxylation sites is 1. The molecule has 1 fully saturated rings. The van der Waals surface area contributed by atoms with E-state index >= 15 is 0 Å². The molecule has 178 valence electrons. The molecule has 2 heterocycles.